The Balaban J connectivity index is 1.62. The van der Waals surface area contributed by atoms with E-state index in [1.165, 1.54) is 12.1 Å². The van der Waals surface area contributed by atoms with E-state index in [9.17, 15) is 19.4 Å². The molecule has 0 spiro atoms. The first-order valence-corrected chi connectivity index (χ1v) is 9.81. The number of aromatic nitrogens is 1. The fraction of sp³-hybridized carbons (Fsp3) is 0.348. The maximum absolute atomic E-state index is 13.3. The molecule has 152 valence electrons. The van der Waals surface area contributed by atoms with Crippen LogP contribution in [0, 0.1) is 11.2 Å². The zero-order valence-corrected chi connectivity index (χ0v) is 16.4. The summed E-state index contributed by atoms with van der Waals surface area (Å²) >= 11 is 0. The molecule has 1 saturated heterocycles. The van der Waals surface area contributed by atoms with E-state index in [0.29, 0.717) is 25.1 Å². The summed E-state index contributed by atoms with van der Waals surface area (Å²) in [4.78, 5) is 15.0. The van der Waals surface area contributed by atoms with Gasteiger partial charge in [-0.25, -0.2) is 4.39 Å². The SMILES string of the molecule is Cn1c(C(=O)N2CC[C@H](O)[C@@](CO)(Cc3ccc(F)cc3)C2)cc2ccccc21. The molecule has 0 unspecified atom stereocenters. The molecule has 1 aromatic heterocycles. The van der Waals surface area contributed by atoms with Gasteiger partial charge in [0.2, 0.25) is 0 Å². The van der Waals surface area contributed by atoms with Gasteiger partial charge in [0.25, 0.3) is 5.91 Å². The summed E-state index contributed by atoms with van der Waals surface area (Å²) < 4.78 is 15.1. The number of benzene rings is 2. The summed E-state index contributed by atoms with van der Waals surface area (Å²) in [7, 11) is 1.87. The molecule has 3 aromatic rings. The van der Waals surface area contributed by atoms with Crippen LogP contribution in [0.25, 0.3) is 10.9 Å². The van der Waals surface area contributed by atoms with Gasteiger partial charge in [0, 0.05) is 36.5 Å². The Morgan fingerprint density at radius 3 is 2.62 bits per heavy atom. The highest BCUT2D eigenvalue weighted by atomic mass is 19.1. The number of amides is 1. The van der Waals surface area contributed by atoms with Crippen molar-refractivity contribution in [2.24, 2.45) is 12.5 Å². The van der Waals surface area contributed by atoms with Gasteiger partial charge in [-0.15, -0.1) is 0 Å². The Morgan fingerprint density at radius 1 is 1.21 bits per heavy atom. The van der Waals surface area contributed by atoms with Crippen molar-refractivity contribution in [2.75, 3.05) is 19.7 Å². The summed E-state index contributed by atoms with van der Waals surface area (Å²) in [6.45, 7) is 0.402. The lowest BCUT2D eigenvalue weighted by molar-refractivity contribution is -0.0670. The maximum Gasteiger partial charge on any atom is 0.270 e. The third kappa shape index (κ3) is 3.54. The summed E-state index contributed by atoms with van der Waals surface area (Å²) in [5.74, 6) is -0.448. The van der Waals surface area contributed by atoms with E-state index >= 15 is 0 Å². The molecule has 29 heavy (non-hydrogen) atoms. The van der Waals surface area contributed by atoms with Crippen LogP contribution in [0.1, 0.15) is 22.5 Å². The van der Waals surface area contributed by atoms with E-state index < -0.39 is 11.5 Å². The second-order valence-corrected chi connectivity index (χ2v) is 8.00. The van der Waals surface area contributed by atoms with Crippen LogP contribution in [0.15, 0.2) is 54.6 Å². The molecule has 1 aliphatic rings. The van der Waals surface area contributed by atoms with Gasteiger partial charge in [0.15, 0.2) is 0 Å². The maximum atomic E-state index is 13.3. The van der Waals surface area contributed by atoms with Gasteiger partial charge in [0.1, 0.15) is 11.5 Å². The zero-order chi connectivity index (χ0) is 20.6. The molecule has 2 aromatic carbocycles. The molecule has 0 aliphatic carbocycles. The lowest BCUT2D eigenvalue weighted by Crippen LogP contribution is -2.56. The number of para-hydroxylation sites is 1. The first-order chi connectivity index (χ1) is 13.9. The summed E-state index contributed by atoms with van der Waals surface area (Å²) in [6, 6.07) is 15.7. The molecule has 0 bridgehead atoms. The smallest absolute Gasteiger partial charge is 0.270 e. The van der Waals surface area contributed by atoms with Crippen LogP contribution in [0.3, 0.4) is 0 Å². The number of carbonyl (C=O) groups is 1. The lowest BCUT2D eigenvalue weighted by Gasteiger charge is -2.45. The molecular weight excluding hydrogens is 371 g/mol. The number of nitrogens with zero attached hydrogens (tertiary/aromatic N) is 2. The van der Waals surface area contributed by atoms with Gasteiger partial charge in [-0.1, -0.05) is 30.3 Å². The minimum atomic E-state index is -0.879. The third-order valence-corrected chi connectivity index (χ3v) is 6.13. The zero-order valence-electron chi connectivity index (χ0n) is 16.4. The van der Waals surface area contributed by atoms with E-state index in [2.05, 4.69) is 0 Å². The Bertz CT molecular complexity index is 1030. The van der Waals surface area contributed by atoms with Gasteiger partial charge in [-0.3, -0.25) is 4.79 Å². The van der Waals surface area contributed by atoms with E-state index in [0.717, 1.165) is 16.5 Å². The van der Waals surface area contributed by atoms with E-state index in [4.69, 9.17) is 0 Å². The largest absolute Gasteiger partial charge is 0.396 e. The van der Waals surface area contributed by atoms with Gasteiger partial charge >= 0.3 is 0 Å². The molecule has 1 aliphatic heterocycles. The molecule has 2 heterocycles. The number of fused-ring (bicyclic) bond motifs is 1. The number of aliphatic hydroxyl groups excluding tert-OH is 2. The molecule has 2 atom stereocenters. The summed E-state index contributed by atoms with van der Waals surface area (Å²) in [5, 5.41) is 21.9. The fourth-order valence-electron chi connectivity index (χ4n) is 4.37. The predicted octanol–water partition coefficient (Wildman–Crippen LogP) is 2.75. The number of piperidine rings is 1. The summed E-state index contributed by atoms with van der Waals surface area (Å²) in [5.41, 5.74) is 1.50. The monoisotopic (exact) mass is 396 g/mol. The minimum Gasteiger partial charge on any atom is -0.396 e. The second kappa shape index (κ2) is 7.61. The van der Waals surface area contributed by atoms with Gasteiger partial charge in [0.05, 0.1) is 12.7 Å². The topological polar surface area (TPSA) is 65.7 Å². The number of likely N-dealkylation sites (tertiary alicyclic amines) is 1. The number of carbonyl (C=O) groups excluding carboxylic acids is 1. The lowest BCUT2D eigenvalue weighted by atomic mass is 9.73. The molecule has 4 rings (SSSR count). The van der Waals surface area contributed by atoms with Gasteiger partial charge in [-0.2, -0.15) is 0 Å². The van der Waals surface area contributed by atoms with Crippen molar-refractivity contribution in [3.05, 3.63) is 71.7 Å². The van der Waals surface area contributed by atoms with E-state index in [1.54, 1.807) is 17.0 Å². The minimum absolute atomic E-state index is 0.118. The Labute approximate surface area is 169 Å². The molecule has 6 heteroatoms. The van der Waals surface area contributed by atoms with Crippen LogP contribution in [-0.4, -0.2) is 51.4 Å². The Kier molecular flexibility index (Phi) is 5.15. The van der Waals surface area contributed by atoms with Crippen molar-refractivity contribution in [2.45, 2.75) is 18.9 Å². The highest BCUT2D eigenvalue weighted by Gasteiger charge is 2.44. The Hall–Kier alpha value is -2.70. The average Bonchev–Trinajstić information content (AvgIpc) is 3.07. The highest BCUT2D eigenvalue weighted by molar-refractivity contribution is 5.98. The van der Waals surface area contributed by atoms with Gasteiger partial charge < -0.3 is 19.7 Å². The molecule has 1 amide bonds. The molecule has 0 radical (unpaired) electrons. The van der Waals surface area contributed by atoms with Crippen molar-refractivity contribution >= 4 is 16.8 Å². The Morgan fingerprint density at radius 2 is 1.93 bits per heavy atom. The molecule has 0 saturated carbocycles. The van der Waals surface area contributed by atoms with Crippen molar-refractivity contribution in [1.29, 1.82) is 0 Å². The van der Waals surface area contributed by atoms with Gasteiger partial charge in [-0.05, 0) is 42.7 Å². The van der Waals surface area contributed by atoms with Crippen molar-refractivity contribution in [3.63, 3.8) is 0 Å². The number of rotatable bonds is 4. The molecule has 5 nitrogen and oxygen atoms in total. The number of aryl methyl sites for hydroxylation is 1. The number of aliphatic hydroxyl groups is 2. The van der Waals surface area contributed by atoms with Crippen LogP contribution in [0.5, 0.6) is 0 Å². The standard InChI is InChI=1S/C23H25FN2O3/c1-25-19-5-3-2-4-17(19)12-20(25)22(29)26-11-10-21(28)23(14-26,15-27)13-16-6-8-18(24)9-7-16/h2-9,12,21,27-28H,10-11,13-15H2,1H3/t21-,23-/m0/s1. The molecule has 2 N–H and O–H groups in total. The van der Waals surface area contributed by atoms with Crippen LogP contribution < -0.4 is 0 Å². The fourth-order valence-corrected chi connectivity index (χ4v) is 4.37. The predicted molar refractivity (Wildman–Crippen MR) is 109 cm³/mol. The number of halogens is 1. The van der Waals surface area contributed by atoms with E-state index in [1.807, 2.05) is 41.9 Å². The molecule has 1 fully saturated rings. The van der Waals surface area contributed by atoms with Crippen molar-refractivity contribution < 1.29 is 19.4 Å². The number of hydrogen-bond acceptors (Lipinski definition) is 3. The average molecular weight is 396 g/mol. The third-order valence-electron chi connectivity index (χ3n) is 6.13. The second-order valence-electron chi connectivity index (χ2n) is 8.00. The normalized spacial score (nSPS) is 22.2. The van der Waals surface area contributed by atoms with Crippen LogP contribution in [0.4, 0.5) is 4.39 Å². The van der Waals surface area contributed by atoms with Crippen LogP contribution in [-0.2, 0) is 13.5 Å². The van der Waals surface area contributed by atoms with Crippen molar-refractivity contribution in [1.82, 2.24) is 9.47 Å². The quantitative estimate of drug-likeness (QED) is 0.713. The van der Waals surface area contributed by atoms with Crippen LogP contribution >= 0.6 is 0 Å². The number of hydrogen-bond donors (Lipinski definition) is 2. The highest BCUT2D eigenvalue weighted by Crippen LogP contribution is 2.35. The first-order valence-electron chi connectivity index (χ1n) is 9.81. The summed E-state index contributed by atoms with van der Waals surface area (Å²) in [6.07, 6.45) is 0.00968. The van der Waals surface area contributed by atoms with Crippen molar-refractivity contribution in [3.8, 4) is 0 Å². The van der Waals surface area contributed by atoms with Crippen LogP contribution in [0.2, 0.25) is 0 Å². The first kappa shape index (κ1) is 19.6. The molecular formula is C23H25FN2O3. The van der Waals surface area contributed by atoms with E-state index in [-0.39, 0.29) is 24.9 Å².